The van der Waals surface area contributed by atoms with Gasteiger partial charge in [0, 0.05) is 0 Å². The molecule has 1 aromatic carbocycles. The van der Waals surface area contributed by atoms with Crippen LogP contribution in [0.15, 0.2) is 12.1 Å². The molecular formula is C15H24O2. The second-order valence-corrected chi connectivity index (χ2v) is 6.07. The second-order valence-electron chi connectivity index (χ2n) is 6.07. The molecule has 0 fully saturated rings. The molecule has 1 aromatic rings. The molecule has 2 unspecified atom stereocenters. The maximum Gasteiger partial charge on any atom is 0.106 e. The van der Waals surface area contributed by atoms with E-state index < -0.39 is 12.2 Å². The molecule has 0 aliphatic rings. The van der Waals surface area contributed by atoms with Gasteiger partial charge in [0.05, 0.1) is 6.10 Å². The number of hydrogen-bond acceptors (Lipinski definition) is 2. The van der Waals surface area contributed by atoms with Crippen LogP contribution in [0.4, 0.5) is 0 Å². The third-order valence-corrected chi connectivity index (χ3v) is 3.22. The SMILES string of the molecule is Cc1cc(C)c(C(O)C(O)C(C)(C)C)c(C)c1. The van der Waals surface area contributed by atoms with E-state index in [2.05, 4.69) is 0 Å². The van der Waals surface area contributed by atoms with Crippen LogP contribution >= 0.6 is 0 Å². The average molecular weight is 236 g/mol. The fourth-order valence-corrected chi connectivity index (χ4v) is 2.29. The third kappa shape index (κ3) is 3.08. The number of benzene rings is 1. The van der Waals surface area contributed by atoms with E-state index in [-0.39, 0.29) is 5.41 Å². The molecule has 2 atom stereocenters. The summed E-state index contributed by atoms with van der Waals surface area (Å²) in [5, 5.41) is 20.5. The van der Waals surface area contributed by atoms with Gasteiger partial charge in [-0.2, -0.15) is 0 Å². The quantitative estimate of drug-likeness (QED) is 0.828. The van der Waals surface area contributed by atoms with Crippen molar-refractivity contribution in [2.45, 2.75) is 53.8 Å². The zero-order valence-electron chi connectivity index (χ0n) is 11.7. The molecule has 0 saturated carbocycles. The predicted molar refractivity (Wildman–Crippen MR) is 71.1 cm³/mol. The predicted octanol–water partition coefficient (Wildman–Crippen LogP) is 3.05. The highest BCUT2D eigenvalue weighted by atomic mass is 16.3. The van der Waals surface area contributed by atoms with E-state index in [1.54, 1.807) is 0 Å². The van der Waals surface area contributed by atoms with E-state index in [4.69, 9.17) is 0 Å². The highest BCUT2D eigenvalue weighted by Gasteiger charge is 2.31. The molecule has 0 bridgehead atoms. The first-order valence-corrected chi connectivity index (χ1v) is 6.08. The Labute approximate surface area is 104 Å². The van der Waals surface area contributed by atoms with Gasteiger partial charge in [0.25, 0.3) is 0 Å². The van der Waals surface area contributed by atoms with Crippen LogP contribution in [0.2, 0.25) is 0 Å². The molecule has 0 heterocycles. The fraction of sp³-hybridized carbons (Fsp3) is 0.600. The lowest BCUT2D eigenvalue weighted by molar-refractivity contribution is -0.0463. The fourth-order valence-electron chi connectivity index (χ4n) is 2.29. The highest BCUT2D eigenvalue weighted by molar-refractivity contribution is 5.39. The van der Waals surface area contributed by atoms with Gasteiger partial charge < -0.3 is 10.2 Å². The van der Waals surface area contributed by atoms with Gasteiger partial charge in [0.2, 0.25) is 0 Å². The van der Waals surface area contributed by atoms with Gasteiger partial charge in [-0.15, -0.1) is 0 Å². The van der Waals surface area contributed by atoms with Crippen LogP contribution in [0.25, 0.3) is 0 Å². The molecule has 2 nitrogen and oxygen atoms in total. The van der Waals surface area contributed by atoms with Crippen LogP contribution in [0.1, 0.15) is 49.1 Å². The summed E-state index contributed by atoms with van der Waals surface area (Å²) in [5.74, 6) is 0. The van der Waals surface area contributed by atoms with E-state index in [0.717, 1.165) is 16.7 Å². The Bertz CT molecular complexity index is 379. The summed E-state index contributed by atoms with van der Waals surface area (Å²) in [6.45, 7) is 11.8. The summed E-state index contributed by atoms with van der Waals surface area (Å²) in [5.41, 5.74) is 3.79. The van der Waals surface area contributed by atoms with Crippen molar-refractivity contribution < 1.29 is 10.2 Å². The number of aliphatic hydroxyl groups is 2. The molecule has 0 aliphatic heterocycles. The zero-order valence-corrected chi connectivity index (χ0v) is 11.7. The molecule has 0 spiro atoms. The van der Waals surface area contributed by atoms with Crippen LogP contribution in [0, 0.1) is 26.2 Å². The van der Waals surface area contributed by atoms with Crippen LogP contribution in [0.3, 0.4) is 0 Å². The van der Waals surface area contributed by atoms with Crippen molar-refractivity contribution in [3.8, 4) is 0 Å². The Morgan fingerprint density at radius 3 is 1.71 bits per heavy atom. The van der Waals surface area contributed by atoms with Crippen molar-refractivity contribution in [1.82, 2.24) is 0 Å². The van der Waals surface area contributed by atoms with Crippen molar-refractivity contribution >= 4 is 0 Å². The molecule has 0 aliphatic carbocycles. The molecule has 0 amide bonds. The molecule has 17 heavy (non-hydrogen) atoms. The molecule has 96 valence electrons. The van der Waals surface area contributed by atoms with E-state index >= 15 is 0 Å². The lowest BCUT2D eigenvalue weighted by atomic mass is 9.81. The van der Waals surface area contributed by atoms with Gasteiger partial charge in [-0.3, -0.25) is 0 Å². The van der Waals surface area contributed by atoms with Crippen molar-refractivity contribution in [2.75, 3.05) is 0 Å². The first-order valence-electron chi connectivity index (χ1n) is 6.08. The minimum Gasteiger partial charge on any atom is -0.390 e. The lowest BCUT2D eigenvalue weighted by Crippen LogP contribution is -2.33. The number of hydrogen-bond donors (Lipinski definition) is 2. The van der Waals surface area contributed by atoms with Crippen molar-refractivity contribution in [1.29, 1.82) is 0 Å². The van der Waals surface area contributed by atoms with E-state index in [1.807, 2.05) is 53.7 Å². The van der Waals surface area contributed by atoms with Crippen LogP contribution < -0.4 is 0 Å². The first kappa shape index (κ1) is 14.2. The Kier molecular flexibility index (Phi) is 4.00. The summed E-state index contributed by atoms with van der Waals surface area (Å²) < 4.78 is 0. The summed E-state index contributed by atoms with van der Waals surface area (Å²) in [4.78, 5) is 0. The van der Waals surface area contributed by atoms with E-state index in [0.29, 0.717) is 0 Å². The topological polar surface area (TPSA) is 40.5 Å². The standard InChI is InChI=1S/C15H24O2/c1-9-7-10(2)12(11(3)8-9)13(16)14(17)15(4,5)6/h7-8,13-14,16-17H,1-6H3. The van der Waals surface area contributed by atoms with Gasteiger partial charge in [-0.05, 0) is 42.9 Å². The normalized spacial score (nSPS) is 15.8. The summed E-state index contributed by atoms with van der Waals surface area (Å²) in [6.07, 6.45) is -1.58. The Morgan fingerprint density at radius 1 is 0.941 bits per heavy atom. The summed E-state index contributed by atoms with van der Waals surface area (Å²) >= 11 is 0. The third-order valence-electron chi connectivity index (χ3n) is 3.22. The molecule has 0 saturated heterocycles. The van der Waals surface area contributed by atoms with Gasteiger partial charge in [0.15, 0.2) is 0 Å². The van der Waals surface area contributed by atoms with E-state index in [9.17, 15) is 10.2 Å². The second kappa shape index (κ2) is 4.79. The smallest absolute Gasteiger partial charge is 0.106 e. The maximum atomic E-state index is 10.3. The molecule has 1 rings (SSSR count). The summed E-state index contributed by atoms with van der Waals surface area (Å²) in [7, 11) is 0. The molecular weight excluding hydrogens is 212 g/mol. The number of rotatable bonds is 2. The van der Waals surface area contributed by atoms with Crippen molar-refractivity contribution in [3.05, 3.63) is 34.4 Å². The van der Waals surface area contributed by atoms with Gasteiger partial charge in [0.1, 0.15) is 6.10 Å². The van der Waals surface area contributed by atoms with Crippen molar-refractivity contribution in [3.63, 3.8) is 0 Å². The Hall–Kier alpha value is -0.860. The molecule has 0 aromatic heterocycles. The first-order chi connectivity index (χ1) is 7.64. The van der Waals surface area contributed by atoms with E-state index in [1.165, 1.54) is 5.56 Å². The maximum absolute atomic E-state index is 10.3. The summed E-state index contributed by atoms with van der Waals surface area (Å²) in [6, 6.07) is 4.09. The highest BCUT2D eigenvalue weighted by Crippen LogP contribution is 2.33. The average Bonchev–Trinajstić information content (AvgIpc) is 2.13. The number of aryl methyl sites for hydroxylation is 3. The van der Waals surface area contributed by atoms with Crippen LogP contribution in [0.5, 0.6) is 0 Å². The minimum atomic E-state index is -0.824. The molecule has 2 N–H and O–H groups in total. The van der Waals surface area contributed by atoms with Gasteiger partial charge >= 0.3 is 0 Å². The van der Waals surface area contributed by atoms with Crippen LogP contribution in [-0.2, 0) is 0 Å². The lowest BCUT2D eigenvalue weighted by Gasteiger charge is -2.31. The zero-order chi connectivity index (χ0) is 13.4. The van der Waals surface area contributed by atoms with Gasteiger partial charge in [-0.25, -0.2) is 0 Å². The Morgan fingerprint density at radius 2 is 1.35 bits per heavy atom. The van der Waals surface area contributed by atoms with Crippen molar-refractivity contribution in [2.24, 2.45) is 5.41 Å². The minimum absolute atomic E-state index is 0.330. The van der Waals surface area contributed by atoms with Crippen LogP contribution in [-0.4, -0.2) is 16.3 Å². The Balaban J connectivity index is 3.17. The number of aliphatic hydroxyl groups excluding tert-OH is 2. The van der Waals surface area contributed by atoms with Gasteiger partial charge in [-0.1, -0.05) is 38.5 Å². The monoisotopic (exact) mass is 236 g/mol. The molecule has 0 radical (unpaired) electrons. The largest absolute Gasteiger partial charge is 0.390 e. The molecule has 2 heteroatoms.